The molecule has 8 heteroatoms. The highest BCUT2D eigenvalue weighted by atomic mass is 32.2. The first-order chi connectivity index (χ1) is 13.1. The van der Waals surface area contributed by atoms with Crippen LogP contribution in [0.15, 0.2) is 59.5 Å². The smallest absolute Gasteiger partial charge is 0.416 e. The van der Waals surface area contributed by atoms with Crippen LogP contribution in [0.25, 0.3) is 0 Å². The Bertz CT molecular complexity index is 836. The van der Waals surface area contributed by atoms with Gasteiger partial charge in [-0.05, 0) is 60.5 Å². The van der Waals surface area contributed by atoms with Crippen LogP contribution in [-0.2, 0) is 11.0 Å². The minimum absolute atomic E-state index is 0.389. The van der Waals surface area contributed by atoms with Gasteiger partial charge in [-0.3, -0.25) is 0 Å². The van der Waals surface area contributed by atoms with E-state index in [-0.39, 0.29) is 6.61 Å². The van der Waals surface area contributed by atoms with Crippen LogP contribution in [0.4, 0.5) is 18.9 Å². The average Bonchev–Trinajstić information content (AvgIpc) is 2.63. The first-order valence-electron chi connectivity index (χ1n) is 8.31. The quantitative estimate of drug-likeness (QED) is 0.437. The molecule has 0 heterocycles. The number of alkyl halides is 3. The number of benzene rings is 2. The van der Waals surface area contributed by atoms with Gasteiger partial charge in [0.25, 0.3) is 0 Å². The number of aliphatic carboxylic acids is 1. The maximum atomic E-state index is 12.6. The zero-order valence-corrected chi connectivity index (χ0v) is 16.0. The van der Waals surface area contributed by atoms with Crippen LogP contribution in [0.3, 0.4) is 0 Å². The molecular formula is C20H20F3NO3S. The van der Waals surface area contributed by atoms with Crippen LogP contribution < -0.4 is 10.1 Å². The number of anilines is 1. The Hall–Kier alpha value is -2.61. The largest absolute Gasteiger partial charge is 0.482 e. The van der Waals surface area contributed by atoms with Gasteiger partial charge in [-0.2, -0.15) is 13.2 Å². The minimum Gasteiger partial charge on any atom is -0.482 e. The van der Waals surface area contributed by atoms with Crippen LogP contribution in [0.2, 0.25) is 0 Å². The molecule has 0 saturated heterocycles. The number of nitrogens with one attached hydrogen (secondary N) is 1. The van der Waals surface area contributed by atoms with Gasteiger partial charge in [0.1, 0.15) is 5.75 Å². The number of carbonyl (C=O) groups is 1. The summed E-state index contributed by atoms with van der Waals surface area (Å²) in [4.78, 5) is 11.5. The first kappa shape index (κ1) is 21.7. The van der Waals surface area contributed by atoms with E-state index in [0.29, 0.717) is 23.7 Å². The molecule has 0 aliphatic heterocycles. The van der Waals surface area contributed by atoms with Gasteiger partial charge < -0.3 is 15.2 Å². The molecule has 0 atom stereocenters. The molecule has 0 saturated carbocycles. The van der Waals surface area contributed by atoms with E-state index in [0.717, 1.165) is 28.2 Å². The van der Waals surface area contributed by atoms with Crippen molar-refractivity contribution in [2.45, 2.75) is 18.0 Å². The molecule has 0 radical (unpaired) electrons. The number of ether oxygens (including phenoxy) is 1. The lowest BCUT2D eigenvalue weighted by Crippen LogP contribution is -2.10. The van der Waals surface area contributed by atoms with E-state index in [9.17, 15) is 18.0 Å². The summed E-state index contributed by atoms with van der Waals surface area (Å²) in [5, 5.41) is 11.7. The zero-order chi connectivity index (χ0) is 20.7. The van der Waals surface area contributed by atoms with Crippen molar-refractivity contribution in [2.75, 3.05) is 24.2 Å². The average molecular weight is 411 g/mol. The van der Waals surface area contributed by atoms with E-state index in [4.69, 9.17) is 9.84 Å². The number of halogens is 3. The lowest BCUT2D eigenvalue weighted by atomic mass is 10.2. The number of thioether (sulfide) groups is 1. The van der Waals surface area contributed by atoms with Crippen molar-refractivity contribution >= 4 is 23.4 Å². The SMILES string of the molecule is C=C(CNc1ccc(C(F)(F)F)cc1)CSc1ccc(OCC(=O)O)c(C)c1. The lowest BCUT2D eigenvalue weighted by Gasteiger charge is -2.12. The van der Waals surface area contributed by atoms with Crippen LogP contribution in [0.5, 0.6) is 5.75 Å². The third-order valence-electron chi connectivity index (χ3n) is 3.70. The number of rotatable bonds is 9. The number of hydrogen-bond donors (Lipinski definition) is 2. The van der Waals surface area contributed by atoms with E-state index < -0.39 is 17.7 Å². The van der Waals surface area contributed by atoms with Gasteiger partial charge in [0.15, 0.2) is 6.61 Å². The van der Waals surface area contributed by atoms with Crippen LogP contribution in [-0.4, -0.2) is 30.0 Å². The summed E-state index contributed by atoms with van der Waals surface area (Å²) in [5.41, 5.74) is 1.63. The maximum absolute atomic E-state index is 12.6. The zero-order valence-electron chi connectivity index (χ0n) is 15.2. The maximum Gasteiger partial charge on any atom is 0.416 e. The van der Waals surface area contributed by atoms with Gasteiger partial charge in [0.2, 0.25) is 0 Å². The Balaban J connectivity index is 1.80. The Kier molecular flexibility index (Phi) is 7.39. The minimum atomic E-state index is -4.34. The van der Waals surface area contributed by atoms with E-state index in [1.54, 1.807) is 17.8 Å². The molecule has 0 aromatic heterocycles. The topological polar surface area (TPSA) is 58.6 Å². The highest BCUT2D eigenvalue weighted by Crippen LogP contribution is 2.30. The van der Waals surface area contributed by atoms with Crippen molar-refractivity contribution in [3.63, 3.8) is 0 Å². The third kappa shape index (κ3) is 6.84. The fourth-order valence-electron chi connectivity index (χ4n) is 2.25. The number of hydrogen-bond acceptors (Lipinski definition) is 4. The second kappa shape index (κ2) is 9.54. The Morgan fingerprint density at radius 1 is 1.21 bits per heavy atom. The molecule has 0 fully saturated rings. The van der Waals surface area contributed by atoms with Crippen molar-refractivity contribution in [3.8, 4) is 5.75 Å². The van der Waals surface area contributed by atoms with Gasteiger partial charge >= 0.3 is 12.1 Å². The molecule has 0 unspecified atom stereocenters. The van der Waals surface area contributed by atoms with Crippen LogP contribution in [0, 0.1) is 6.92 Å². The monoisotopic (exact) mass is 411 g/mol. The van der Waals surface area contributed by atoms with Crippen molar-refractivity contribution in [2.24, 2.45) is 0 Å². The fourth-order valence-corrected chi connectivity index (χ4v) is 3.15. The molecule has 0 aliphatic rings. The van der Waals surface area contributed by atoms with Crippen molar-refractivity contribution in [1.29, 1.82) is 0 Å². The molecule has 0 spiro atoms. The van der Waals surface area contributed by atoms with E-state index in [1.807, 2.05) is 19.1 Å². The van der Waals surface area contributed by atoms with Crippen LogP contribution in [0.1, 0.15) is 11.1 Å². The van der Waals surface area contributed by atoms with E-state index in [1.165, 1.54) is 12.1 Å². The summed E-state index contributed by atoms with van der Waals surface area (Å²) in [7, 11) is 0. The first-order valence-corrected chi connectivity index (χ1v) is 9.29. The highest BCUT2D eigenvalue weighted by Gasteiger charge is 2.29. The van der Waals surface area contributed by atoms with Crippen molar-refractivity contribution in [3.05, 3.63) is 65.7 Å². The van der Waals surface area contributed by atoms with Crippen LogP contribution >= 0.6 is 11.8 Å². The van der Waals surface area contributed by atoms with Gasteiger partial charge in [-0.1, -0.05) is 6.58 Å². The van der Waals surface area contributed by atoms with Gasteiger partial charge in [-0.25, -0.2) is 4.79 Å². The third-order valence-corrected chi connectivity index (χ3v) is 4.84. The summed E-state index contributed by atoms with van der Waals surface area (Å²) >= 11 is 1.56. The summed E-state index contributed by atoms with van der Waals surface area (Å²) in [6.45, 7) is 5.87. The lowest BCUT2D eigenvalue weighted by molar-refractivity contribution is -0.139. The molecule has 2 N–H and O–H groups in total. The molecule has 0 bridgehead atoms. The molecule has 150 valence electrons. The molecule has 2 aromatic carbocycles. The number of carboxylic acid groups (broad SMARTS) is 1. The molecule has 0 amide bonds. The second-order valence-electron chi connectivity index (χ2n) is 6.08. The summed E-state index contributed by atoms with van der Waals surface area (Å²) in [6.07, 6.45) is -4.34. The predicted molar refractivity (Wildman–Crippen MR) is 104 cm³/mol. The second-order valence-corrected chi connectivity index (χ2v) is 7.13. The van der Waals surface area contributed by atoms with E-state index >= 15 is 0 Å². The Labute approximate surface area is 165 Å². The molecular weight excluding hydrogens is 391 g/mol. The molecule has 2 aromatic rings. The molecule has 0 aliphatic carbocycles. The molecule has 28 heavy (non-hydrogen) atoms. The Morgan fingerprint density at radius 3 is 2.46 bits per heavy atom. The summed E-state index contributed by atoms with van der Waals surface area (Å²) in [6, 6.07) is 10.3. The summed E-state index contributed by atoms with van der Waals surface area (Å²) in [5.74, 6) is 0.117. The normalized spacial score (nSPS) is 11.1. The fraction of sp³-hybridized carbons (Fsp3) is 0.250. The highest BCUT2D eigenvalue weighted by molar-refractivity contribution is 7.99. The number of carboxylic acids is 1. The van der Waals surface area contributed by atoms with Crippen molar-refractivity contribution < 1.29 is 27.8 Å². The van der Waals surface area contributed by atoms with Gasteiger partial charge in [0, 0.05) is 22.9 Å². The Morgan fingerprint density at radius 2 is 1.89 bits per heavy atom. The summed E-state index contributed by atoms with van der Waals surface area (Å²) < 4.78 is 42.9. The van der Waals surface area contributed by atoms with Gasteiger partial charge in [-0.15, -0.1) is 11.8 Å². The van der Waals surface area contributed by atoms with Crippen molar-refractivity contribution in [1.82, 2.24) is 0 Å². The predicted octanol–water partition coefficient (Wildman–Crippen LogP) is 5.24. The van der Waals surface area contributed by atoms with Gasteiger partial charge in [0.05, 0.1) is 5.56 Å². The molecule has 2 rings (SSSR count). The number of aryl methyl sites for hydroxylation is 1. The van der Waals surface area contributed by atoms with E-state index in [2.05, 4.69) is 11.9 Å². The standard InChI is InChI=1S/C20H20F3NO3S/c1-13(10-24-16-5-3-15(4-6-16)20(21,22)23)12-28-17-7-8-18(14(2)9-17)27-11-19(25)26/h3-9,24H,1,10-12H2,2H3,(H,25,26). The molecule has 4 nitrogen and oxygen atoms in total.